The zero-order valence-corrected chi connectivity index (χ0v) is 21.7. The monoisotopic (exact) mass is 645 g/mol. The Bertz CT molecular complexity index is 1450. The minimum Gasteiger partial charge on any atom is -0.506 e. The smallest absolute Gasteiger partial charge is 0.212 e. The summed E-state index contributed by atoms with van der Waals surface area (Å²) >= 11 is 4.59. The number of halogens is 2. The van der Waals surface area contributed by atoms with Crippen LogP contribution < -0.4 is 9.47 Å². The van der Waals surface area contributed by atoms with Crippen LogP contribution in [0.1, 0.15) is 11.3 Å². The molecule has 0 amide bonds. The molecule has 2 heterocycles. The Morgan fingerprint density at radius 2 is 1.72 bits per heavy atom. The van der Waals surface area contributed by atoms with E-state index in [1.165, 1.54) is 7.14 Å². The van der Waals surface area contributed by atoms with Crippen LogP contribution in [0.4, 0.5) is 5.69 Å². The molecule has 1 N–H and O–H groups in total. The number of aryl methyl sites for hydroxylation is 1. The van der Waals surface area contributed by atoms with Gasteiger partial charge in [-0.25, -0.2) is 0 Å². The Hall–Kier alpha value is -2.46. The Labute approximate surface area is 213 Å². The second kappa shape index (κ2) is 8.15. The molecule has 0 bridgehead atoms. The minimum absolute atomic E-state index is 0.0421. The van der Waals surface area contributed by atoms with E-state index in [2.05, 4.69) is 81.6 Å². The predicted molar refractivity (Wildman–Crippen MR) is 145 cm³/mol. The van der Waals surface area contributed by atoms with Gasteiger partial charge in [-0.2, -0.15) is 4.57 Å². The summed E-state index contributed by atoms with van der Waals surface area (Å²) in [6, 6.07) is 16.5. The highest BCUT2D eigenvalue weighted by Crippen LogP contribution is 2.35. The van der Waals surface area contributed by atoms with Gasteiger partial charge in [-0.05, 0) is 99.3 Å². The molecule has 0 saturated heterocycles. The lowest BCUT2D eigenvalue weighted by atomic mass is 9.86. The first-order valence-corrected chi connectivity index (χ1v) is 12.2. The number of allylic oxidation sites excluding steroid dienone is 4. The summed E-state index contributed by atoms with van der Waals surface area (Å²) in [5.74, 6) is -0.103. The second-order valence-corrected chi connectivity index (χ2v) is 10.3. The molecule has 0 fully saturated rings. The van der Waals surface area contributed by atoms with E-state index in [1.54, 1.807) is 12.2 Å². The van der Waals surface area contributed by atoms with Crippen LogP contribution in [-0.2, 0) is 11.8 Å². The third-order valence-electron chi connectivity index (χ3n) is 5.93. The first-order valence-electron chi connectivity index (χ1n) is 10.0. The van der Waals surface area contributed by atoms with E-state index in [1.807, 2.05) is 47.8 Å². The molecule has 2 aliphatic rings. The molecule has 32 heavy (non-hydrogen) atoms. The molecule has 1 aromatic heterocycles. The average Bonchev–Trinajstić information content (AvgIpc) is 2.78. The van der Waals surface area contributed by atoms with Gasteiger partial charge in [0.25, 0.3) is 0 Å². The highest BCUT2D eigenvalue weighted by molar-refractivity contribution is 14.1. The van der Waals surface area contributed by atoms with Crippen molar-refractivity contribution < 1.29 is 14.5 Å². The number of aliphatic hydroxyl groups is 1. The average molecular weight is 645 g/mol. The summed E-state index contributed by atoms with van der Waals surface area (Å²) in [7, 11) is 3.93. The molecule has 2 aromatic carbocycles. The number of pyridine rings is 1. The van der Waals surface area contributed by atoms with Gasteiger partial charge in [-0.15, -0.1) is 0 Å². The fourth-order valence-electron chi connectivity index (χ4n) is 4.08. The number of carbonyl (C=O) groups excluding carboxylic acids is 1. The van der Waals surface area contributed by atoms with Gasteiger partial charge in [-0.3, -0.25) is 4.79 Å². The molecule has 0 saturated carbocycles. The number of carbonyl (C=O) groups is 1. The number of benzene rings is 2. The lowest BCUT2D eigenvalue weighted by Crippen LogP contribution is -2.33. The number of aromatic nitrogens is 1. The van der Waals surface area contributed by atoms with Crippen molar-refractivity contribution in [2.24, 2.45) is 7.05 Å². The van der Waals surface area contributed by atoms with E-state index < -0.39 is 0 Å². The molecule has 5 rings (SSSR count). The molecule has 6 heteroatoms. The first-order chi connectivity index (χ1) is 15.3. The van der Waals surface area contributed by atoms with E-state index >= 15 is 0 Å². The van der Waals surface area contributed by atoms with Crippen molar-refractivity contribution in [2.45, 2.75) is 0 Å². The van der Waals surface area contributed by atoms with Gasteiger partial charge < -0.3 is 10.0 Å². The third-order valence-corrected chi connectivity index (χ3v) is 7.27. The Balaban J connectivity index is 1.49. The molecular formula is C26H19I2N2O2+. The van der Waals surface area contributed by atoms with Gasteiger partial charge in [0.05, 0.1) is 11.1 Å². The van der Waals surface area contributed by atoms with Crippen molar-refractivity contribution in [2.75, 3.05) is 11.9 Å². The third kappa shape index (κ3) is 3.59. The standard InChI is InChI=1S/C26H18I2N2O2/c1-29-19(7-3-15-11-17(27)5-9-23(15)29)13-21-25(31)22(26(21)32)14-20-8-4-16-12-18(28)6-10-24(16)30(20)2/h3-14H,1-2H3/p+1. The zero-order valence-electron chi connectivity index (χ0n) is 17.4. The molecule has 4 nitrogen and oxygen atoms in total. The van der Waals surface area contributed by atoms with Crippen LogP contribution in [0.3, 0.4) is 0 Å². The van der Waals surface area contributed by atoms with Crippen LogP contribution in [0.15, 0.2) is 83.3 Å². The van der Waals surface area contributed by atoms with Crippen molar-refractivity contribution in [1.82, 2.24) is 0 Å². The van der Waals surface area contributed by atoms with Gasteiger partial charge in [-0.1, -0.05) is 6.08 Å². The van der Waals surface area contributed by atoms with Crippen LogP contribution in [-0.4, -0.2) is 17.9 Å². The normalized spacial score (nSPS) is 18.0. The first kappa shape index (κ1) is 21.4. The quantitative estimate of drug-likeness (QED) is 0.221. The van der Waals surface area contributed by atoms with Gasteiger partial charge >= 0.3 is 0 Å². The van der Waals surface area contributed by atoms with Crippen molar-refractivity contribution in [1.29, 1.82) is 0 Å². The van der Waals surface area contributed by atoms with Crippen molar-refractivity contribution in [3.8, 4) is 0 Å². The summed E-state index contributed by atoms with van der Waals surface area (Å²) in [6.45, 7) is 0. The number of rotatable bonds is 2. The van der Waals surface area contributed by atoms with Crippen LogP contribution >= 0.6 is 45.2 Å². The van der Waals surface area contributed by atoms with Crippen LogP contribution in [0, 0.1) is 7.14 Å². The van der Waals surface area contributed by atoms with E-state index in [9.17, 15) is 9.90 Å². The van der Waals surface area contributed by atoms with Crippen LogP contribution in [0.25, 0.3) is 23.1 Å². The summed E-state index contributed by atoms with van der Waals surface area (Å²) < 4.78 is 4.38. The molecule has 0 radical (unpaired) electrons. The van der Waals surface area contributed by atoms with Gasteiger partial charge in [0.2, 0.25) is 17.0 Å². The van der Waals surface area contributed by atoms with Crippen molar-refractivity contribution >= 4 is 79.7 Å². The van der Waals surface area contributed by atoms with E-state index in [-0.39, 0.29) is 11.5 Å². The molecule has 3 aromatic rings. The number of nitrogens with zero attached hydrogens (tertiary/aromatic N) is 2. The Kier molecular flexibility index (Phi) is 5.45. The molecular weight excluding hydrogens is 626 g/mol. The van der Waals surface area contributed by atoms with Crippen LogP contribution in [0.5, 0.6) is 0 Å². The topological polar surface area (TPSA) is 44.4 Å². The van der Waals surface area contributed by atoms with Crippen LogP contribution in [0.2, 0.25) is 0 Å². The molecule has 0 atom stereocenters. The molecule has 158 valence electrons. The summed E-state index contributed by atoms with van der Waals surface area (Å²) in [5, 5.41) is 11.8. The summed E-state index contributed by atoms with van der Waals surface area (Å²) in [6.07, 6.45) is 7.53. The number of hydrogen-bond donors (Lipinski definition) is 1. The highest BCUT2D eigenvalue weighted by Gasteiger charge is 2.34. The highest BCUT2D eigenvalue weighted by atomic mass is 127. The van der Waals surface area contributed by atoms with E-state index in [4.69, 9.17) is 0 Å². The maximum absolute atomic E-state index is 12.9. The zero-order chi connectivity index (χ0) is 22.6. The number of fused-ring (bicyclic) bond motifs is 2. The maximum atomic E-state index is 12.9. The fourth-order valence-corrected chi connectivity index (χ4v) is 5.11. The number of anilines is 1. The minimum atomic E-state index is -0.145. The van der Waals surface area contributed by atoms with E-state index in [0.29, 0.717) is 11.1 Å². The van der Waals surface area contributed by atoms with Crippen molar-refractivity contribution in [3.05, 3.63) is 102 Å². The lowest BCUT2D eigenvalue weighted by Gasteiger charge is -2.28. The van der Waals surface area contributed by atoms with E-state index in [0.717, 1.165) is 33.5 Å². The number of Topliss-reactive ketones (excluding diaryl/α,β-unsaturated/α-hetero) is 1. The Morgan fingerprint density at radius 3 is 2.50 bits per heavy atom. The number of ketones is 1. The lowest BCUT2D eigenvalue weighted by molar-refractivity contribution is -0.646. The largest absolute Gasteiger partial charge is 0.506 e. The van der Waals surface area contributed by atoms with Crippen molar-refractivity contribution in [3.63, 3.8) is 0 Å². The maximum Gasteiger partial charge on any atom is 0.212 e. The summed E-state index contributed by atoms with van der Waals surface area (Å²) in [5.41, 5.74) is 5.68. The Morgan fingerprint density at radius 1 is 0.969 bits per heavy atom. The predicted octanol–water partition coefficient (Wildman–Crippen LogP) is 5.70. The molecule has 1 aliphatic heterocycles. The molecule has 0 unspecified atom stereocenters. The molecule has 1 aliphatic carbocycles. The fraction of sp³-hybridized carbons (Fsp3) is 0.0769. The van der Waals surface area contributed by atoms with Gasteiger partial charge in [0.1, 0.15) is 12.8 Å². The number of aliphatic hydroxyl groups excluding tert-OH is 1. The SMILES string of the molecule is CN1/C(=C/C2=C(O)C(=C\c3ccc4cc(I)ccc4[n+]3C)/C2=O)C=Cc2cc(I)ccc21. The summed E-state index contributed by atoms with van der Waals surface area (Å²) in [4.78, 5) is 14.9. The van der Waals surface area contributed by atoms with Gasteiger partial charge in [0, 0.05) is 49.2 Å². The molecule has 0 spiro atoms. The number of likely N-dealkylation sites (N-methyl/N-ethyl adjacent to an activating group) is 1. The van der Waals surface area contributed by atoms with Gasteiger partial charge in [0.15, 0.2) is 0 Å². The number of hydrogen-bond acceptors (Lipinski definition) is 3. The second-order valence-electron chi connectivity index (χ2n) is 7.83.